The summed E-state index contributed by atoms with van der Waals surface area (Å²) in [5.41, 5.74) is 1.74. The fourth-order valence-corrected chi connectivity index (χ4v) is 5.19. The Kier molecular flexibility index (Phi) is 17.0. The van der Waals surface area contributed by atoms with Gasteiger partial charge in [-0.2, -0.15) is 0 Å². The molecule has 50 heavy (non-hydrogen) atoms. The normalized spacial score (nSPS) is 17.8. The molecule has 0 bridgehead atoms. The van der Waals surface area contributed by atoms with Gasteiger partial charge in [0.05, 0.1) is 0 Å². The van der Waals surface area contributed by atoms with E-state index in [1.54, 1.807) is 43.1 Å². The number of carbonyl (C=O) groups excluding carboxylic acids is 4. The first-order chi connectivity index (χ1) is 23.5. The third-order valence-electron chi connectivity index (χ3n) is 7.90. The second-order valence-corrected chi connectivity index (χ2v) is 14.4. The van der Waals surface area contributed by atoms with Crippen molar-refractivity contribution in [1.82, 2.24) is 10.6 Å². The van der Waals surface area contributed by atoms with Crippen molar-refractivity contribution in [1.29, 1.82) is 0 Å². The van der Waals surface area contributed by atoms with Gasteiger partial charge in [0.25, 0.3) is 0 Å². The molecule has 0 saturated heterocycles. The molecule has 1 heterocycles. The molecule has 272 valence electrons. The molecule has 1 aliphatic rings. The number of anilines is 1. The average Bonchev–Trinajstić information content (AvgIpc) is 3.03. The van der Waals surface area contributed by atoms with Gasteiger partial charge in [0.15, 0.2) is 0 Å². The van der Waals surface area contributed by atoms with Crippen LogP contribution in [0.5, 0.6) is 0 Å². The minimum Gasteiger partial charge on any atom is -0.458 e. The Bertz CT molecular complexity index is 1500. The molecular weight excluding hydrogens is 654 g/mol. The molecule has 9 nitrogen and oxygen atoms in total. The van der Waals surface area contributed by atoms with E-state index in [9.17, 15) is 19.2 Å². The molecule has 1 aromatic rings. The van der Waals surface area contributed by atoms with E-state index in [0.717, 1.165) is 11.3 Å². The van der Waals surface area contributed by atoms with E-state index in [4.69, 9.17) is 21.1 Å². The summed E-state index contributed by atoms with van der Waals surface area (Å²) >= 11 is 6.07. The second kappa shape index (κ2) is 20.3. The maximum absolute atomic E-state index is 13.2. The van der Waals surface area contributed by atoms with Crippen LogP contribution in [-0.2, 0) is 23.9 Å². The summed E-state index contributed by atoms with van der Waals surface area (Å²) in [5.74, 6) is -1.05. The van der Waals surface area contributed by atoms with Crippen LogP contribution in [0.15, 0.2) is 101 Å². The number of hydrogen-bond acceptors (Lipinski definition) is 6. The molecule has 0 aliphatic carbocycles. The summed E-state index contributed by atoms with van der Waals surface area (Å²) < 4.78 is 11.4. The molecule has 0 unspecified atom stereocenters. The highest BCUT2D eigenvalue weighted by Gasteiger charge is 2.32. The van der Waals surface area contributed by atoms with E-state index in [2.05, 4.69) is 10.6 Å². The smallest absolute Gasteiger partial charge is 0.414 e. The van der Waals surface area contributed by atoms with Crippen molar-refractivity contribution in [2.45, 2.75) is 106 Å². The minimum atomic E-state index is -0.826. The van der Waals surface area contributed by atoms with Crippen molar-refractivity contribution in [3.05, 3.63) is 101 Å². The summed E-state index contributed by atoms with van der Waals surface area (Å²) in [7, 11) is 0. The molecular formula is C40H54ClN3O6. The monoisotopic (exact) mass is 707 g/mol. The van der Waals surface area contributed by atoms with Gasteiger partial charge in [-0.3, -0.25) is 14.5 Å². The number of carbonyl (C=O) groups is 4. The van der Waals surface area contributed by atoms with Crippen LogP contribution in [0, 0.1) is 11.3 Å². The van der Waals surface area contributed by atoms with Gasteiger partial charge in [0.1, 0.15) is 18.2 Å². The summed E-state index contributed by atoms with van der Waals surface area (Å²) in [6.45, 7) is 16.9. The minimum absolute atomic E-state index is 0.0304. The summed E-state index contributed by atoms with van der Waals surface area (Å²) in [6, 6.07) is 8.36. The summed E-state index contributed by atoms with van der Waals surface area (Å²) in [6.07, 6.45) is 15.7. The molecule has 4 atom stereocenters. The van der Waals surface area contributed by atoms with Crippen molar-refractivity contribution in [2.75, 3.05) is 4.90 Å². The van der Waals surface area contributed by atoms with Crippen LogP contribution in [0.3, 0.4) is 0 Å². The number of allylic oxidation sites excluding steroid dienone is 5. The molecule has 1 aromatic carbocycles. The van der Waals surface area contributed by atoms with Crippen LogP contribution in [0.2, 0.25) is 0 Å². The molecule has 0 aromatic heterocycles. The number of cyclic esters (lactones) is 1. The zero-order valence-corrected chi connectivity index (χ0v) is 31.6. The number of nitrogens with one attached hydrogen (secondary N) is 2. The largest absolute Gasteiger partial charge is 0.458 e. The molecule has 1 aliphatic heterocycles. The quantitative estimate of drug-likeness (QED) is 0.107. The van der Waals surface area contributed by atoms with E-state index in [-0.39, 0.29) is 29.9 Å². The van der Waals surface area contributed by atoms with Gasteiger partial charge in [0.2, 0.25) is 11.8 Å². The molecule has 2 N–H and O–H groups in total. The number of hydrogen-bond donors (Lipinski definition) is 2. The standard InChI is InChI=1S/C40H54ClN3O6/c1-27(2)44(32-17-11-10-12-18-32)39(48)49-33(23-22-31(6)41)19-15-25-42-37(46)36(40(7,8)9)43-35(45)20-14-13-16-28(3)26-30(5)34-24-21-29(4)38(47)50-34/h10-18,20-22,25-27,30,33-34,36H,19,23-24H2,1-9H3,(H,42,46)(H,43,45)/b16-13-,20-14-,25-15-,28-26+,31-22+/t30-,33+,34-,36+/m0/s1. The van der Waals surface area contributed by atoms with Gasteiger partial charge >= 0.3 is 12.1 Å². The first-order valence-corrected chi connectivity index (χ1v) is 17.4. The predicted octanol–water partition coefficient (Wildman–Crippen LogP) is 8.45. The Labute approximate surface area is 303 Å². The van der Waals surface area contributed by atoms with E-state index < -0.39 is 29.6 Å². The number of para-hydroxylation sites is 1. The zero-order valence-electron chi connectivity index (χ0n) is 30.9. The molecule has 0 fully saturated rings. The van der Waals surface area contributed by atoms with Gasteiger partial charge in [-0.15, -0.1) is 0 Å². The van der Waals surface area contributed by atoms with E-state index in [1.165, 1.54) is 12.3 Å². The third-order valence-corrected chi connectivity index (χ3v) is 8.06. The average molecular weight is 708 g/mol. The zero-order chi connectivity index (χ0) is 37.4. The molecule has 2 rings (SSSR count). The number of esters is 1. The Morgan fingerprint density at radius 3 is 2.32 bits per heavy atom. The lowest BCUT2D eigenvalue weighted by Crippen LogP contribution is -2.52. The van der Waals surface area contributed by atoms with Crippen LogP contribution in [0.4, 0.5) is 10.5 Å². The number of benzene rings is 1. The van der Waals surface area contributed by atoms with Gasteiger partial charge in [-0.05, 0) is 58.4 Å². The van der Waals surface area contributed by atoms with Gasteiger partial charge < -0.3 is 20.1 Å². The summed E-state index contributed by atoms with van der Waals surface area (Å²) in [5, 5.41) is 6.15. The van der Waals surface area contributed by atoms with E-state index in [0.29, 0.717) is 29.9 Å². The maximum atomic E-state index is 13.2. The van der Waals surface area contributed by atoms with Crippen LogP contribution < -0.4 is 15.5 Å². The van der Waals surface area contributed by atoms with Crippen molar-refractivity contribution in [3.63, 3.8) is 0 Å². The first-order valence-electron chi connectivity index (χ1n) is 17.0. The van der Waals surface area contributed by atoms with Crippen molar-refractivity contribution >= 4 is 41.2 Å². The fourth-order valence-electron chi connectivity index (χ4n) is 5.10. The number of halogens is 1. The topological polar surface area (TPSA) is 114 Å². The summed E-state index contributed by atoms with van der Waals surface area (Å²) in [4.78, 5) is 52.6. The Morgan fingerprint density at radius 1 is 1.06 bits per heavy atom. The highest BCUT2D eigenvalue weighted by Crippen LogP contribution is 2.23. The number of ether oxygens (including phenoxy) is 2. The van der Waals surface area contributed by atoms with Crippen LogP contribution in [0.1, 0.15) is 81.6 Å². The maximum Gasteiger partial charge on any atom is 0.414 e. The Hall–Kier alpha value is -4.37. The van der Waals surface area contributed by atoms with Crippen LogP contribution >= 0.6 is 11.6 Å². The molecule has 0 radical (unpaired) electrons. The number of amides is 3. The number of nitrogens with zero attached hydrogens (tertiary/aromatic N) is 1. The van der Waals surface area contributed by atoms with Gasteiger partial charge in [0, 0.05) is 53.6 Å². The SMILES string of the molecule is CC1=CC[C@@H]([C@@H](C)/C=C(C)/C=C\C=C/C(=O)N[C@H](C(=O)N/C=C\C[C@H](C/C=C(\C)Cl)OC(=O)N(c2ccccc2)C(C)C)C(C)(C)C)OC1=O. The predicted molar refractivity (Wildman–Crippen MR) is 201 cm³/mol. The van der Waals surface area contributed by atoms with Crippen molar-refractivity contribution < 1.29 is 28.7 Å². The van der Waals surface area contributed by atoms with Crippen LogP contribution in [-0.4, -0.2) is 48.2 Å². The second-order valence-electron chi connectivity index (χ2n) is 13.8. The lowest BCUT2D eigenvalue weighted by Gasteiger charge is -2.29. The number of rotatable bonds is 15. The lowest BCUT2D eigenvalue weighted by molar-refractivity contribution is -0.147. The van der Waals surface area contributed by atoms with Crippen LogP contribution in [0.25, 0.3) is 0 Å². The molecule has 0 saturated carbocycles. The molecule has 3 amide bonds. The molecule has 10 heteroatoms. The van der Waals surface area contributed by atoms with Crippen molar-refractivity contribution in [2.24, 2.45) is 11.3 Å². The Balaban J connectivity index is 1.99. The fraction of sp³-hybridized carbons (Fsp3) is 0.450. The van der Waals surface area contributed by atoms with E-state index in [1.807, 2.05) is 97.0 Å². The lowest BCUT2D eigenvalue weighted by atomic mass is 9.86. The first kappa shape index (κ1) is 41.8. The highest BCUT2D eigenvalue weighted by atomic mass is 35.5. The van der Waals surface area contributed by atoms with Gasteiger partial charge in [-0.1, -0.05) is 106 Å². The highest BCUT2D eigenvalue weighted by molar-refractivity contribution is 6.29. The third kappa shape index (κ3) is 14.6. The van der Waals surface area contributed by atoms with Gasteiger partial charge in [-0.25, -0.2) is 9.59 Å². The molecule has 0 spiro atoms. The van der Waals surface area contributed by atoms with Crippen molar-refractivity contribution in [3.8, 4) is 0 Å². The van der Waals surface area contributed by atoms with E-state index >= 15 is 0 Å². The Morgan fingerprint density at radius 2 is 1.72 bits per heavy atom.